The van der Waals surface area contributed by atoms with Crippen LogP contribution < -0.4 is 21.3 Å². The SMILES string of the molecule is N[C@H]1C[C@H](Nc2cc(-c3ccc(N4CCNCC4)cc3)nc3ccsc23)C1. The zero-order valence-electron chi connectivity index (χ0n) is 15.3. The van der Waals surface area contributed by atoms with Crippen molar-refractivity contribution in [2.75, 3.05) is 36.4 Å². The molecule has 5 nitrogen and oxygen atoms in total. The van der Waals surface area contributed by atoms with Crippen LogP contribution in [-0.2, 0) is 0 Å². The molecule has 3 heterocycles. The summed E-state index contributed by atoms with van der Waals surface area (Å²) >= 11 is 1.75. The van der Waals surface area contributed by atoms with Gasteiger partial charge in [-0.25, -0.2) is 4.98 Å². The lowest BCUT2D eigenvalue weighted by Crippen LogP contribution is -2.44. The number of nitrogens with zero attached hydrogens (tertiary/aromatic N) is 2. The molecule has 0 unspecified atom stereocenters. The van der Waals surface area contributed by atoms with Crippen LogP contribution in [0.4, 0.5) is 11.4 Å². The highest BCUT2D eigenvalue weighted by Crippen LogP contribution is 2.34. The Morgan fingerprint density at radius 3 is 2.63 bits per heavy atom. The Balaban J connectivity index is 1.43. The maximum absolute atomic E-state index is 5.95. The smallest absolute Gasteiger partial charge is 0.0838 e. The van der Waals surface area contributed by atoms with Crippen LogP contribution in [0.1, 0.15) is 12.8 Å². The molecule has 27 heavy (non-hydrogen) atoms. The van der Waals surface area contributed by atoms with E-state index in [9.17, 15) is 0 Å². The van der Waals surface area contributed by atoms with Gasteiger partial charge in [-0.3, -0.25) is 0 Å². The summed E-state index contributed by atoms with van der Waals surface area (Å²) in [7, 11) is 0. The van der Waals surface area contributed by atoms with Gasteiger partial charge in [0.1, 0.15) is 0 Å². The predicted octanol–water partition coefficient (Wildman–Crippen LogP) is 3.27. The minimum Gasteiger partial charge on any atom is -0.381 e. The molecule has 0 radical (unpaired) electrons. The highest BCUT2D eigenvalue weighted by Gasteiger charge is 2.26. The molecule has 1 aliphatic heterocycles. The Labute approximate surface area is 163 Å². The van der Waals surface area contributed by atoms with Crippen LogP contribution in [-0.4, -0.2) is 43.2 Å². The first-order valence-electron chi connectivity index (χ1n) is 9.73. The van der Waals surface area contributed by atoms with E-state index in [0.29, 0.717) is 12.1 Å². The normalized spacial score (nSPS) is 22.6. The number of aromatic nitrogens is 1. The summed E-state index contributed by atoms with van der Waals surface area (Å²) in [6.07, 6.45) is 2.09. The van der Waals surface area contributed by atoms with Crippen LogP contribution in [0.5, 0.6) is 0 Å². The van der Waals surface area contributed by atoms with Gasteiger partial charge in [0.2, 0.25) is 0 Å². The van der Waals surface area contributed by atoms with Crippen LogP contribution in [0.2, 0.25) is 0 Å². The number of piperazine rings is 1. The van der Waals surface area contributed by atoms with Crippen molar-refractivity contribution in [1.82, 2.24) is 10.3 Å². The van der Waals surface area contributed by atoms with E-state index in [1.807, 2.05) is 0 Å². The van der Waals surface area contributed by atoms with Crippen molar-refractivity contribution in [3.8, 4) is 11.3 Å². The summed E-state index contributed by atoms with van der Waals surface area (Å²) in [5.74, 6) is 0. The van der Waals surface area contributed by atoms with Crippen LogP contribution >= 0.6 is 11.3 Å². The lowest BCUT2D eigenvalue weighted by Gasteiger charge is -2.34. The Morgan fingerprint density at radius 2 is 1.89 bits per heavy atom. The number of pyridine rings is 1. The van der Waals surface area contributed by atoms with Crippen LogP contribution in [0, 0.1) is 0 Å². The van der Waals surface area contributed by atoms with Crippen molar-refractivity contribution in [2.24, 2.45) is 5.73 Å². The highest BCUT2D eigenvalue weighted by atomic mass is 32.1. The number of hydrogen-bond acceptors (Lipinski definition) is 6. The molecule has 2 fully saturated rings. The summed E-state index contributed by atoms with van der Waals surface area (Å²) in [5.41, 5.74) is 11.7. The van der Waals surface area contributed by atoms with Gasteiger partial charge in [0.05, 0.1) is 21.6 Å². The fourth-order valence-electron chi connectivity index (χ4n) is 3.98. The highest BCUT2D eigenvalue weighted by molar-refractivity contribution is 7.17. The van der Waals surface area contributed by atoms with E-state index in [1.165, 1.54) is 16.1 Å². The number of hydrogen-bond donors (Lipinski definition) is 3. The number of anilines is 2. The van der Waals surface area contributed by atoms with E-state index in [2.05, 4.69) is 57.3 Å². The number of nitrogens with two attached hydrogens (primary N) is 1. The average Bonchev–Trinajstić information content (AvgIpc) is 3.16. The lowest BCUT2D eigenvalue weighted by molar-refractivity contribution is 0.374. The Morgan fingerprint density at radius 1 is 1.11 bits per heavy atom. The molecule has 3 aromatic rings. The molecule has 0 bridgehead atoms. The largest absolute Gasteiger partial charge is 0.381 e. The van der Waals surface area contributed by atoms with Crippen LogP contribution in [0.15, 0.2) is 41.8 Å². The molecule has 4 N–H and O–H groups in total. The third-order valence-corrected chi connectivity index (χ3v) is 6.53. The minimum atomic E-state index is 0.347. The molecule has 2 aliphatic rings. The van der Waals surface area contributed by atoms with E-state index in [0.717, 1.165) is 55.8 Å². The molecular weight excluding hydrogens is 354 g/mol. The second-order valence-corrected chi connectivity index (χ2v) is 8.46. The first kappa shape index (κ1) is 17.0. The van der Waals surface area contributed by atoms with Gasteiger partial charge in [-0.15, -0.1) is 11.3 Å². The van der Waals surface area contributed by atoms with Gasteiger partial charge in [0.25, 0.3) is 0 Å². The zero-order valence-corrected chi connectivity index (χ0v) is 16.1. The third kappa shape index (κ3) is 3.40. The molecule has 1 saturated carbocycles. The molecule has 1 aromatic carbocycles. The fraction of sp³-hybridized carbons (Fsp3) is 0.381. The molecule has 6 heteroatoms. The van der Waals surface area contributed by atoms with Gasteiger partial charge >= 0.3 is 0 Å². The number of rotatable bonds is 4. The van der Waals surface area contributed by atoms with E-state index >= 15 is 0 Å². The molecule has 1 aliphatic carbocycles. The van der Waals surface area contributed by atoms with E-state index < -0.39 is 0 Å². The summed E-state index contributed by atoms with van der Waals surface area (Å²) in [5, 5.41) is 9.21. The fourth-order valence-corrected chi connectivity index (χ4v) is 4.79. The molecule has 2 aromatic heterocycles. The first-order valence-corrected chi connectivity index (χ1v) is 10.6. The summed E-state index contributed by atoms with van der Waals surface area (Å²) in [6.45, 7) is 4.24. The molecule has 0 spiro atoms. The van der Waals surface area contributed by atoms with Crippen LogP contribution in [0.3, 0.4) is 0 Å². The lowest BCUT2D eigenvalue weighted by atomic mass is 9.87. The zero-order chi connectivity index (χ0) is 18.2. The third-order valence-electron chi connectivity index (χ3n) is 5.59. The average molecular weight is 380 g/mol. The van der Waals surface area contributed by atoms with Gasteiger partial charge in [0, 0.05) is 49.5 Å². The molecule has 1 saturated heterocycles. The van der Waals surface area contributed by atoms with Gasteiger partial charge < -0.3 is 21.3 Å². The van der Waals surface area contributed by atoms with Crippen molar-refractivity contribution in [3.63, 3.8) is 0 Å². The maximum atomic E-state index is 5.95. The molecule has 0 atom stereocenters. The Hall–Kier alpha value is -2.15. The monoisotopic (exact) mass is 379 g/mol. The Kier molecular flexibility index (Phi) is 4.47. The minimum absolute atomic E-state index is 0.347. The van der Waals surface area contributed by atoms with Gasteiger partial charge in [0.15, 0.2) is 0 Å². The van der Waals surface area contributed by atoms with Crippen molar-refractivity contribution < 1.29 is 0 Å². The van der Waals surface area contributed by atoms with Crippen molar-refractivity contribution in [2.45, 2.75) is 24.9 Å². The molecule has 140 valence electrons. The second kappa shape index (κ2) is 7.11. The number of thiophene rings is 1. The van der Waals surface area contributed by atoms with Crippen molar-refractivity contribution >= 4 is 32.9 Å². The standard InChI is InChI=1S/C21H25N5S/c22-15-11-16(12-15)24-20-13-19(25-18-5-10-27-21(18)20)14-1-3-17(4-2-14)26-8-6-23-7-9-26/h1-5,10,13,15-16,23H,6-9,11-12,22H2,(H,24,25)/t15-,16-. The number of nitrogens with one attached hydrogen (secondary N) is 2. The maximum Gasteiger partial charge on any atom is 0.0838 e. The molecule has 0 amide bonds. The summed E-state index contributed by atoms with van der Waals surface area (Å²) < 4.78 is 1.23. The van der Waals surface area contributed by atoms with Gasteiger partial charge in [-0.2, -0.15) is 0 Å². The van der Waals surface area contributed by atoms with Gasteiger partial charge in [-0.05, 0) is 42.5 Å². The number of fused-ring (bicyclic) bond motifs is 1. The topological polar surface area (TPSA) is 66.2 Å². The summed E-state index contributed by atoms with van der Waals surface area (Å²) in [4.78, 5) is 7.33. The Bertz CT molecular complexity index is 923. The van der Waals surface area contributed by atoms with Crippen molar-refractivity contribution in [1.29, 1.82) is 0 Å². The second-order valence-electron chi connectivity index (χ2n) is 7.55. The summed E-state index contributed by atoms with van der Waals surface area (Å²) in [6, 6.07) is 14.0. The molecule has 5 rings (SSSR count). The number of benzene rings is 1. The van der Waals surface area contributed by atoms with E-state index in [-0.39, 0.29) is 0 Å². The van der Waals surface area contributed by atoms with Crippen LogP contribution in [0.25, 0.3) is 21.5 Å². The van der Waals surface area contributed by atoms with E-state index in [1.54, 1.807) is 11.3 Å². The molecular formula is C21H25N5S. The first-order chi connectivity index (χ1) is 13.3. The quantitative estimate of drug-likeness (QED) is 0.649. The predicted molar refractivity (Wildman–Crippen MR) is 115 cm³/mol. The van der Waals surface area contributed by atoms with Crippen molar-refractivity contribution in [3.05, 3.63) is 41.8 Å². The van der Waals surface area contributed by atoms with E-state index in [4.69, 9.17) is 10.7 Å². The van der Waals surface area contributed by atoms with Gasteiger partial charge in [-0.1, -0.05) is 12.1 Å².